The van der Waals surface area contributed by atoms with Crippen molar-refractivity contribution in [2.24, 2.45) is 0 Å². The summed E-state index contributed by atoms with van der Waals surface area (Å²) in [7, 11) is 0. The molecule has 98 valence electrons. The Kier molecular flexibility index (Phi) is 4.92. The minimum absolute atomic E-state index is 0.0784. The summed E-state index contributed by atoms with van der Waals surface area (Å²) >= 11 is 0. The van der Waals surface area contributed by atoms with Crippen molar-refractivity contribution in [3.8, 4) is 0 Å². The number of carbonyl (C=O) groups excluding carboxylic acids is 1. The summed E-state index contributed by atoms with van der Waals surface area (Å²) in [5, 5.41) is 12.0. The zero-order valence-electron chi connectivity index (χ0n) is 10.8. The second-order valence-corrected chi connectivity index (χ2v) is 4.56. The van der Waals surface area contributed by atoms with Crippen LogP contribution in [-0.4, -0.2) is 23.2 Å². The van der Waals surface area contributed by atoms with Crippen molar-refractivity contribution in [2.45, 2.75) is 25.8 Å². The Morgan fingerprint density at radius 3 is 2.56 bits per heavy atom. The van der Waals surface area contributed by atoms with Gasteiger partial charge in [-0.2, -0.15) is 0 Å². The number of rotatable bonds is 5. The topological polar surface area (TPSA) is 75.3 Å². The van der Waals surface area contributed by atoms with Gasteiger partial charge in [0, 0.05) is 11.8 Å². The van der Waals surface area contributed by atoms with Crippen LogP contribution in [0.2, 0.25) is 0 Å². The molecule has 0 aliphatic rings. The zero-order valence-corrected chi connectivity index (χ0v) is 10.8. The summed E-state index contributed by atoms with van der Waals surface area (Å²) in [6.07, 6.45) is 3.84. The lowest BCUT2D eigenvalue weighted by molar-refractivity contribution is -0.118. The SMILES string of the molecule is CCC(C)(CO)NC(=O)/C=C/c1ccc(N)cc1. The van der Waals surface area contributed by atoms with E-state index in [4.69, 9.17) is 5.73 Å². The monoisotopic (exact) mass is 248 g/mol. The average molecular weight is 248 g/mol. The molecule has 0 saturated heterocycles. The lowest BCUT2D eigenvalue weighted by atomic mass is 10.0. The average Bonchev–Trinajstić information content (AvgIpc) is 2.38. The second kappa shape index (κ2) is 6.21. The van der Waals surface area contributed by atoms with Crippen LogP contribution in [0.1, 0.15) is 25.8 Å². The van der Waals surface area contributed by atoms with Gasteiger partial charge in [0.2, 0.25) is 5.91 Å². The number of nitrogen functional groups attached to an aromatic ring is 1. The quantitative estimate of drug-likeness (QED) is 0.547. The van der Waals surface area contributed by atoms with Crippen LogP contribution >= 0.6 is 0 Å². The van der Waals surface area contributed by atoms with Gasteiger partial charge >= 0.3 is 0 Å². The van der Waals surface area contributed by atoms with Crippen molar-refractivity contribution in [1.29, 1.82) is 0 Å². The molecule has 1 atom stereocenters. The van der Waals surface area contributed by atoms with Gasteiger partial charge in [-0.15, -0.1) is 0 Å². The lowest BCUT2D eigenvalue weighted by Gasteiger charge is -2.26. The van der Waals surface area contributed by atoms with Crippen LogP contribution < -0.4 is 11.1 Å². The Bertz CT molecular complexity index is 420. The normalized spacial score (nSPS) is 14.4. The Balaban J connectivity index is 2.62. The van der Waals surface area contributed by atoms with Crippen LogP contribution in [0.4, 0.5) is 5.69 Å². The first kappa shape index (κ1) is 14.3. The highest BCUT2D eigenvalue weighted by atomic mass is 16.3. The summed E-state index contributed by atoms with van der Waals surface area (Å²) in [5.41, 5.74) is 6.60. The Morgan fingerprint density at radius 1 is 1.44 bits per heavy atom. The molecule has 0 fully saturated rings. The zero-order chi connectivity index (χ0) is 13.6. The molecule has 0 bridgehead atoms. The number of carbonyl (C=O) groups is 1. The molecule has 0 aromatic heterocycles. The summed E-state index contributed by atoms with van der Waals surface area (Å²) in [6.45, 7) is 3.65. The fraction of sp³-hybridized carbons (Fsp3) is 0.357. The summed E-state index contributed by atoms with van der Waals surface area (Å²) in [5.74, 6) is -0.217. The number of nitrogens with one attached hydrogen (secondary N) is 1. The van der Waals surface area contributed by atoms with E-state index in [1.54, 1.807) is 18.2 Å². The molecule has 1 amide bonds. The van der Waals surface area contributed by atoms with Gasteiger partial charge in [0.1, 0.15) is 0 Å². The van der Waals surface area contributed by atoms with Crippen LogP contribution in [0.25, 0.3) is 6.08 Å². The number of nitrogens with two attached hydrogens (primary N) is 1. The van der Waals surface area contributed by atoms with Crippen LogP contribution in [-0.2, 0) is 4.79 Å². The standard InChI is InChI=1S/C14H20N2O2/c1-3-14(2,10-17)16-13(18)9-6-11-4-7-12(15)8-5-11/h4-9,17H,3,10,15H2,1-2H3,(H,16,18)/b9-6+. The van der Waals surface area contributed by atoms with Gasteiger partial charge in [0.05, 0.1) is 12.1 Å². The molecule has 0 aliphatic heterocycles. The Morgan fingerprint density at radius 2 is 2.06 bits per heavy atom. The summed E-state index contributed by atoms with van der Waals surface area (Å²) in [4.78, 5) is 11.7. The highest BCUT2D eigenvalue weighted by Gasteiger charge is 2.21. The molecule has 0 saturated carbocycles. The van der Waals surface area contributed by atoms with E-state index >= 15 is 0 Å². The van der Waals surface area contributed by atoms with E-state index in [0.29, 0.717) is 12.1 Å². The van der Waals surface area contributed by atoms with Crippen LogP contribution in [0, 0.1) is 0 Å². The van der Waals surface area contributed by atoms with Crippen molar-refractivity contribution in [2.75, 3.05) is 12.3 Å². The molecule has 4 N–H and O–H groups in total. The van der Waals surface area contributed by atoms with E-state index < -0.39 is 5.54 Å². The molecular formula is C14H20N2O2. The van der Waals surface area contributed by atoms with Gasteiger partial charge in [0.15, 0.2) is 0 Å². The number of aliphatic hydroxyl groups excluding tert-OH is 1. The highest BCUT2D eigenvalue weighted by molar-refractivity contribution is 5.92. The molecule has 1 rings (SSSR count). The molecule has 1 unspecified atom stereocenters. The first-order valence-corrected chi connectivity index (χ1v) is 5.96. The summed E-state index contributed by atoms with van der Waals surface area (Å²) < 4.78 is 0. The second-order valence-electron chi connectivity index (χ2n) is 4.56. The van der Waals surface area contributed by atoms with Crippen molar-refractivity contribution >= 4 is 17.7 Å². The van der Waals surface area contributed by atoms with Gasteiger partial charge < -0.3 is 16.2 Å². The van der Waals surface area contributed by atoms with Gasteiger partial charge in [-0.05, 0) is 37.1 Å². The first-order chi connectivity index (χ1) is 8.49. The molecule has 4 heteroatoms. The number of aliphatic hydroxyl groups is 1. The molecule has 1 aromatic carbocycles. The van der Waals surface area contributed by atoms with Gasteiger partial charge in [0.25, 0.3) is 0 Å². The van der Waals surface area contributed by atoms with Crippen LogP contribution in [0.3, 0.4) is 0 Å². The van der Waals surface area contributed by atoms with Crippen LogP contribution in [0.5, 0.6) is 0 Å². The molecule has 1 aromatic rings. The van der Waals surface area contributed by atoms with Crippen LogP contribution in [0.15, 0.2) is 30.3 Å². The maximum absolute atomic E-state index is 11.7. The minimum Gasteiger partial charge on any atom is -0.399 e. The van der Waals surface area contributed by atoms with Gasteiger partial charge in [-0.1, -0.05) is 19.1 Å². The van der Waals surface area contributed by atoms with E-state index in [1.807, 2.05) is 26.0 Å². The minimum atomic E-state index is -0.567. The maximum atomic E-state index is 11.7. The lowest BCUT2D eigenvalue weighted by Crippen LogP contribution is -2.47. The maximum Gasteiger partial charge on any atom is 0.244 e. The van der Waals surface area contributed by atoms with Gasteiger partial charge in [-0.25, -0.2) is 0 Å². The smallest absolute Gasteiger partial charge is 0.244 e. The predicted octanol–water partition coefficient (Wildman–Crippen LogP) is 1.56. The number of hydrogen-bond donors (Lipinski definition) is 3. The van der Waals surface area contributed by atoms with E-state index in [9.17, 15) is 9.90 Å². The largest absolute Gasteiger partial charge is 0.399 e. The molecule has 0 aliphatic carbocycles. The summed E-state index contributed by atoms with van der Waals surface area (Å²) in [6, 6.07) is 7.23. The third-order valence-corrected chi connectivity index (χ3v) is 2.92. The molecule has 0 spiro atoms. The molecule has 0 radical (unpaired) electrons. The Labute approximate surface area is 108 Å². The fourth-order valence-corrected chi connectivity index (χ4v) is 1.36. The van der Waals surface area contributed by atoms with E-state index in [0.717, 1.165) is 5.56 Å². The third-order valence-electron chi connectivity index (χ3n) is 2.92. The van der Waals surface area contributed by atoms with E-state index in [-0.39, 0.29) is 12.5 Å². The first-order valence-electron chi connectivity index (χ1n) is 5.96. The van der Waals surface area contributed by atoms with Crippen molar-refractivity contribution in [1.82, 2.24) is 5.32 Å². The molecule has 4 nitrogen and oxygen atoms in total. The fourth-order valence-electron chi connectivity index (χ4n) is 1.36. The Hall–Kier alpha value is -1.81. The number of anilines is 1. The van der Waals surface area contributed by atoms with E-state index in [1.165, 1.54) is 6.08 Å². The molecular weight excluding hydrogens is 228 g/mol. The van der Waals surface area contributed by atoms with E-state index in [2.05, 4.69) is 5.32 Å². The predicted molar refractivity (Wildman–Crippen MR) is 73.8 cm³/mol. The van der Waals surface area contributed by atoms with Crippen molar-refractivity contribution < 1.29 is 9.90 Å². The van der Waals surface area contributed by atoms with Crippen molar-refractivity contribution in [3.05, 3.63) is 35.9 Å². The van der Waals surface area contributed by atoms with Gasteiger partial charge in [-0.3, -0.25) is 4.79 Å². The van der Waals surface area contributed by atoms with Crippen molar-refractivity contribution in [3.63, 3.8) is 0 Å². The third kappa shape index (κ3) is 4.22. The number of benzene rings is 1. The number of amides is 1. The number of hydrogen-bond acceptors (Lipinski definition) is 3. The molecule has 0 heterocycles. The highest BCUT2D eigenvalue weighted by Crippen LogP contribution is 2.09. The molecule has 18 heavy (non-hydrogen) atoms.